The van der Waals surface area contributed by atoms with Crippen LogP contribution in [0.1, 0.15) is 39.0 Å². The van der Waals surface area contributed by atoms with Gasteiger partial charge in [0.15, 0.2) is 0 Å². The van der Waals surface area contributed by atoms with Crippen molar-refractivity contribution in [2.45, 2.75) is 45.1 Å². The number of methoxy groups -OCH3 is 1. The van der Waals surface area contributed by atoms with Gasteiger partial charge in [0, 0.05) is 13.0 Å². The van der Waals surface area contributed by atoms with Gasteiger partial charge in [0.2, 0.25) is 0 Å². The summed E-state index contributed by atoms with van der Waals surface area (Å²) in [6, 6.07) is 0. The zero-order chi connectivity index (χ0) is 13.6. The lowest BCUT2D eigenvalue weighted by Gasteiger charge is -2.50. The van der Waals surface area contributed by atoms with E-state index in [0.29, 0.717) is 23.9 Å². The summed E-state index contributed by atoms with van der Waals surface area (Å²) in [5, 5.41) is 0. The summed E-state index contributed by atoms with van der Waals surface area (Å²) in [5.74, 6) is 0.788. The van der Waals surface area contributed by atoms with E-state index in [1.807, 2.05) is 0 Å². The second kappa shape index (κ2) is 4.62. The summed E-state index contributed by atoms with van der Waals surface area (Å²) in [5.41, 5.74) is 1.68. The molecule has 0 bridgehead atoms. The Balaban J connectivity index is 1.84. The van der Waals surface area contributed by atoms with Gasteiger partial charge in [-0.15, -0.1) is 0 Å². The average molecular weight is 264 g/mol. The van der Waals surface area contributed by atoms with Crippen molar-refractivity contribution in [2.24, 2.45) is 23.2 Å². The second-order valence-electron chi connectivity index (χ2n) is 6.86. The highest BCUT2D eigenvalue weighted by molar-refractivity contribution is 5.75. The van der Waals surface area contributed by atoms with Crippen LogP contribution in [-0.4, -0.2) is 25.8 Å². The molecule has 3 aliphatic rings. The molecule has 1 aliphatic heterocycles. The zero-order valence-corrected chi connectivity index (χ0v) is 12.0. The van der Waals surface area contributed by atoms with Gasteiger partial charge in [0.1, 0.15) is 6.10 Å². The Kier molecular flexibility index (Phi) is 3.20. The summed E-state index contributed by atoms with van der Waals surface area (Å²) in [7, 11) is 1.66. The van der Waals surface area contributed by atoms with Crippen LogP contribution in [-0.2, 0) is 14.3 Å². The van der Waals surface area contributed by atoms with Crippen LogP contribution in [0.15, 0.2) is 12.2 Å². The van der Waals surface area contributed by atoms with Crippen molar-refractivity contribution in [2.75, 3.05) is 13.7 Å². The first kappa shape index (κ1) is 13.2. The van der Waals surface area contributed by atoms with Crippen LogP contribution in [0.5, 0.6) is 0 Å². The van der Waals surface area contributed by atoms with Gasteiger partial charge in [-0.3, -0.25) is 4.79 Å². The van der Waals surface area contributed by atoms with E-state index in [1.54, 1.807) is 7.11 Å². The fourth-order valence-electron chi connectivity index (χ4n) is 4.63. The number of fused-ring (bicyclic) bond motifs is 2. The van der Waals surface area contributed by atoms with E-state index < -0.39 is 0 Å². The van der Waals surface area contributed by atoms with Crippen molar-refractivity contribution in [3.05, 3.63) is 12.2 Å². The number of rotatable bonds is 2. The molecule has 3 heteroatoms. The van der Waals surface area contributed by atoms with Crippen molar-refractivity contribution < 1.29 is 14.3 Å². The first-order valence-electron chi connectivity index (χ1n) is 7.42. The topological polar surface area (TPSA) is 35.5 Å². The molecule has 2 saturated carbocycles. The summed E-state index contributed by atoms with van der Waals surface area (Å²) in [6.07, 6.45) is 5.80. The van der Waals surface area contributed by atoms with E-state index in [1.165, 1.54) is 18.4 Å². The zero-order valence-electron chi connectivity index (χ0n) is 12.0. The minimum atomic E-state index is -0.0609. The fraction of sp³-hybridized carbons (Fsp3) is 0.812. The van der Waals surface area contributed by atoms with Gasteiger partial charge in [-0.2, -0.15) is 0 Å². The minimum Gasteiger partial charge on any atom is -0.462 e. The van der Waals surface area contributed by atoms with E-state index in [4.69, 9.17) is 9.47 Å². The molecule has 1 saturated heterocycles. The van der Waals surface area contributed by atoms with Crippen molar-refractivity contribution >= 4 is 5.97 Å². The third-order valence-electron chi connectivity index (χ3n) is 5.67. The van der Waals surface area contributed by atoms with Crippen LogP contribution in [0.2, 0.25) is 0 Å². The van der Waals surface area contributed by atoms with Crippen LogP contribution < -0.4 is 0 Å². The Bertz CT molecular complexity index is 403. The number of ether oxygens (including phenoxy) is 2. The molecule has 3 rings (SSSR count). The highest BCUT2D eigenvalue weighted by Crippen LogP contribution is 2.56. The standard InChI is InChI=1S/C16H24O3/c1-10-5-4-6-16(2)8-14-11(7-13(10)16)12(9-18-3)15(17)19-14/h11-14H,1,4-9H2,2-3H3/t11-,12+,13+,14-,16-/m1/s1. The fourth-order valence-corrected chi connectivity index (χ4v) is 4.63. The largest absolute Gasteiger partial charge is 0.462 e. The predicted octanol–water partition coefficient (Wildman–Crippen LogP) is 2.95. The van der Waals surface area contributed by atoms with Crippen molar-refractivity contribution in [3.63, 3.8) is 0 Å². The lowest BCUT2D eigenvalue weighted by molar-refractivity contribution is -0.146. The summed E-state index contributed by atoms with van der Waals surface area (Å²) in [6.45, 7) is 7.14. The molecule has 3 fully saturated rings. The second-order valence-corrected chi connectivity index (χ2v) is 6.86. The molecule has 0 N–H and O–H groups in total. The Labute approximate surface area is 115 Å². The maximum Gasteiger partial charge on any atom is 0.311 e. The first-order valence-corrected chi connectivity index (χ1v) is 7.42. The lowest BCUT2D eigenvalue weighted by atomic mass is 9.55. The van der Waals surface area contributed by atoms with Gasteiger partial charge >= 0.3 is 5.97 Å². The van der Waals surface area contributed by atoms with E-state index in [0.717, 1.165) is 19.3 Å². The number of allylic oxidation sites excluding steroid dienone is 1. The van der Waals surface area contributed by atoms with E-state index in [2.05, 4.69) is 13.5 Å². The first-order chi connectivity index (χ1) is 9.05. The smallest absolute Gasteiger partial charge is 0.311 e. The Morgan fingerprint density at radius 2 is 2.32 bits per heavy atom. The molecule has 0 amide bonds. The average Bonchev–Trinajstić information content (AvgIpc) is 2.63. The molecule has 3 nitrogen and oxygen atoms in total. The Hall–Kier alpha value is -0.830. The summed E-state index contributed by atoms with van der Waals surface area (Å²) < 4.78 is 10.8. The minimum absolute atomic E-state index is 0.0512. The third kappa shape index (κ3) is 2.03. The maximum absolute atomic E-state index is 12.0. The van der Waals surface area contributed by atoms with Crippen LogP contribution >= 0.6 is 0 Å². The van der Waals surface area contributed by atoms with E-state index in [-0.39, 0.29) is 18.0 Å². The quantitative estimate of drug-likeness (QED) is 0.568. The highest BCUT2D eigenvalue weighted by Gasteiger charge is 2.54. The van der Waals surface area contributed by atoms with Gasteiger partial charge in [0.25, 0.3) is 0 Å². The summed E-state index contributed by atoms with van der Waals surface area (Å²) >= 11 is 0. The SMILES string of the molecule is C=C1CCC[C@]2(C)C[C@H]3OC(=O)[C@@H](COC)[C@H]3C[C@@H]12. The molecule has 0 spiro atoms. The lowest BCUT2D eigenvalue weighted by Crippen LogP contribution is -2.44. The molecule has 106 valence electrons. The van der Waals surface area contributed by atoms with E-state index in [9.17, 15) is 4.79 Å². The molecule has 2 aliphatic carbocycles. The molecule has 0 radical (unpaired) electrons. The van der Waals surface area contributed by atoms with Crippen LogP contribution in [0, 0.1) is 23.2 Å². The molecule has 0 aromatic rings. The van der Waals surface area contributed by atoms with Crippen LogP contribution in [0.3, 0.4) is 0 Å². The van der Waals surface area contributed by atoms with Crippen LogP contribution in [0.4, 0.5) is 0 Å². The number of esters is 1. The van der Waals surface area contributed by atoms with Gasteiger partial charge < -0.3 is 9.47 Å². The van der Waals surface area contributed by atoms with E-state index >= 15 is 0 Å². The molecule has 0 aromatic carbocycles. The highest BCUT2D eigenvalue weighted by atomic mass is 16.6. The molecule has 0 unspecified atom stereocenters. The Morgan fingerprint density at radius 3 is 3.05 bits per heavy atom. The van der Waals surface area contributed by atoms with Gasteiger partial charge in [-0.25, -0.2) is 0 Å². The maximum atomic E-state index is 12.0. The number of carbonyl (C=O) groups is 1. The molecule has 0 aromatic heterocycles. The third-order valence-corrected chi connectivity index (χ3v) is 5.67. The molecule has 19 heavy (non-hydrogen) atoms. The predicted molar refractivity (Wildman–Crippen MR) is 72.6 cm³/mol. The molecule has 1 heterocycles. The van der Waals surface area contributed by atoms with Crippen molar-refractivity contribution in [1.29, 1.82) is 0 Å². The summed E-state index contributed by atoms with van der Waals surface area (Å²) in [4.78, 5) is 12.0. The van der Waals surface area contributed by atoms with Crippen LogP contribution in [0.25, 0.3) is 0 Å². The molecular weight excluding hydrogens is 240 g/mol. The monoisotopic (exact) mass is 264 g/mol. The Morgan fingerprint density at radius 1 is 1.53 bits per heavy atom. The molecular formula is C16H24O3. The van der Waals surface area contributed by atoms with Gasteiger partial charge in [0.05, 0.1) is 12.5 Å². The normalized spacial score (nSPS) is 45.6. The number of carbonyl (C=O) groups excluding carboxylic acids is 1. The van der Waals surface area contributed by atoms with Gasteiger partial charge in [-0.05, 0) is 43.4 Å². The van der Waals surface area contributed by atoms with Gasteiger partial charge in [-0.1, -0.05) is 19.1 Å². The number of hydrogen-bond acceptors (Lipinski definition) is 3. The van der Waals surface area contributed by atoms with Crippen molar-refractivity contribution in [3.8, 4) is 0 Å². The van der Waals surface area contributed by atoms with Crippen molar-refractivity contribution in [1.82, 2.24) is 0 Å². The molecule has 5 atom stereocenters. The number of hydrogen-bond donors (Lipinski definition) is 0.